The van der Waals surface area contributed by atoms with Gasteiger partial charge in [-0.2, -0.15) is 5.10 Å². The molecule has 1 heterocycles. The second-order valence-electron chi connectivity index (χ2n) is 5.32. The highest BCUT2D eigenvalue weighted by atomic mass is 16.3. The van der Waals surface area contributed by atoms with E-state index in [2.05, 4.69) is 10.4 Å². The molecule has 1 unspecified atom stereocenters. The molecule has 1 aromatic rings. The van der Waals surface area contributed by atoms with Gasteiger partial charge in [0, 0.05) is 25.7 Å². The van der Waals surface area contributed by atoms with Gasteiger partial charge in [-0.1, -0.05) is 13.8 Å². The normalized spacial score (nSPS) is 14.6. The largest absolute Gasteiger partial charge is 0.388 e. The smallest absolute Gasteiger partial charge is 0.221 e. The fourth-order valence-corrected chi connectivity index (χ4v) is 1.38. The predicted octanol–water partition coefficient (Wildman–Crippen LogP) is 1.10. The first kappa shape index (κ1) is 14.7. The third-order valence-corrected chi connectivity index (χ3v) is 3.22. The van der Waals surface area contributed by atoms with E-state index in [1.165, 1.54) is 0 Å². The number of rotatable bonds is 6. The third-order valence-electron chi connectivity index (χ3n) is 3.22. The van der Waals surface area contributed by atoms with Gasteiger partial charge in [0.25, 0.3) is 0 Å². The second kappa shape index (κ2) is 6.00. The first-order valence-corrected chi connectivity index (χ1v) is 6.29. The van der Waals surface area contributed by atoms with Crippen LogP contribution < -0.4 is 5.32 Å². The lowest BCUT2D eigenvalue weighted by atomic mass is 9.92. The molecule has 0 bridgehead atoms. The molecule has 0 aromatic carbocycles. The summed E-state index contributed by atoms with van der Waals surface area (Å²) in [4.78, 5) is 11.6. The summed E-state index contributed by atoms with van der Waals surface area (Å²) >= 11 is 0. The highest BCUT2D eigenvalue weighted by molar-refractivity contribution is 5.75. The molecule has 5 heteroatoms. The summed E-state index contributed by atoms with van der Waals surface area (Å²) in [5.41, 5.74) is 0.218. The number of amides is 1. The molecule has 102 valence electrons. The molecule has 1 aromatic heterocycles. The minimum absolute atomic E-state index is 0.0657. The summed E-state index contributed by atoms with van der Waals surface area (Å²) in [5, 5.41) is 16.9. The fraction of sp³-hybridized carbons (Fsp3) is 0.692. The van der Waals surface area contributed by atoms with Crippen molar-refractivity contribution in [3.8, 4) is 0 Å². The van der Waals surface area contributed by atoms with E-state index in [1.807, 2.05) is 27.0 Å². The number of carbonyl (C=O) groups excluding carboxylic acids is 1. The first-order chi connectivity index (χ1) is 8.31. The van der Waals surface area contributed by atoms with Gasteiger partial charge < -0.3 is 10.4 Å². The van der Waals surface area contributed by atoms with E-state index in [1.54, 1.807) is 17.8 Å². The maximum atomic E-state index is 11.6. The van der Waals surface area contributed by atoms with Crippen LogP contribution in [0.3, 0.4) is 0 Å². The molecule has 0 radical (unpaired) electrons. The highest BCUT2D eigenvalue weighted by Gasteiger charge is 2.25. The molecule has 5 nitrogen and oxygen atoms in total. The number of aromatic nitrogens is 2. The molecule has 1 rings (SSSR count). The van der Waals surface area contributed by atoms with Gasteiger partial charge in [-0.15, -0.1) is 0 Å². The Balaban J connectivity index is 2.30. The van der Waals surface area contributed by atoms with Crippen LogP contribution in [0.25, 0.3) is 0 Å². The molecular weight excluding hydrogens is 230 g/mol. The molecular formula is C13H23N3O2. The molecule has 0 aliphatic heterocycles. The number of hydrogen-bond donors (Lipinski definition) is 2. The Bertz CT molecular complexity index is 397. The summed E-state index contributed by atoms with van der Waals surface area (Å²) in [6.07, 6.45) is 4.04. The zero-order valence-corrected chi connectivity index (χ0v) is 11.6. The van der Waals surface area contributed by atoms with Crippen LogP contribution in [-0.2, 0) is 11.3 Å². The molecule has 1 amide bonds. The summed E-state index contributed by atoms with van der Waals surface area (Å²) in [6.45, 7) is 8.39. The van der Waals surface area contributed by atoms with Crippen molar-refractivity contribution in [2.24, 2.45) is 5.92 Å². The average Bonchev–Trinajstić information content (AvgIpc) is 2.69. The Morgan fingerprint density at radius 3 is 2.78 bits per heavy atom. The van der Waals surface area contributed by atoms with Crippen molar-refractivity contribution >= 4 is 5.91 Å². The van der Waals surface area contributed by atoms with E-state index >= 15 is 0 Å². The molecule has 0 spiro atoms. The number of hydrogen-bond acceptors (Lipinski definition) is 3. The number of aryl methyl sites for hydroxylation is 2. The molecule has 18 heavy (non-hydrogen) atoms. The number of carbonyl (C=O) groups is 1. The van der Waals surface area contributed by atoms with Crippen LogP contribution in [0.4, 0.5) is 0 Å². The molecule has 2 N–H and O–H groups in total. The van der Waals surface area contributed by atoms with E-state index in [0.29, 0.717) is 13.0 Å². The number of aliphatic hydroxyl groups is 1. The maximum absolute atomic E-state index is 11.6. The minimum Gasteiger partial charge on any atom is -0.388 e. The molecule has 1 atom stereocenters. The molecule has 0 aliphatic rings. The van der Waals surface area contributed by atoms with Crippen molar-refractivity contribution in [2.75, 3.05) is 6.54 Å². The molecule has 0 aliphatic carbocycles. The standard InChI is InChI=1S/C13H23N3O2/c1-10(2)13(4,18)9-14-12(17)5-6-16-8-11(3)7-15-16/h7-8,10,18H,5-6,9H2,1-4H3,(H,14,17). The Morgan fingerprint density at radius 2 is 2.28 bits per heavy atom. The Hall–Kier alpha value is -1.36. The van der Waals surface area contributed by atoms with Crippen LogP contribution in [-0.4, -0.2) is 32.9 Å². The van der Waals surface area contributed by atoms with E-state index in [-0.39, 0.29) is 18.4 Å². The van der Waals surface area contributed by atoms with Crippen molar-refractivity contribution in [2.45, 2.75) is 46.3 Å². The fourth-order valence-electron chi connectivity index (χ4n) is 1.38. The lowest BCUT2D eigenvalue weighted by molar-refractivity contribution is -0.122. The summed E-state index contributed by atoms with van der Waals surface area (Å²) in [6, 6.07) is 0. The van der Waals surface area contributed by atoms with Crippen LogP contribution in [0.15, 0.2) is 12.4 Å². The van der Waals surface area contributed by atoms with Gasteiger partial charge in [0.2, 0.25) is 5.91 Å². The van der Waals surface area contributed by atoms with Gasteiger partial charge in [0.15, 0.2) is 0 Å². The van der Waals surface area contributed by atoms with Gasteiger partial charge in [-0.3, -0.25) is 9.48 Å². The Morgan fingerprint density at radius 1 is 1.61 bits per heavy atom. The molecule has 0 fully saturated rings. The van der Waals surface area contributed by atoms with E-state index in [9.17, 15) is 9.90 Å². The zero-order chi connectivity index (χ0) is 13.8. The van der Waals surface area contributed by atoms with E-state index < -0.39 is 5.60 Å². The van der Waals surface area contributed by atoms with Crippen molar-refractivity contribution in [3.63, 3.8) is 0 Å². The SMILES string of the molecule is Cc1cnn(CCC(=O)NCC(C)(O)C(C)C)c1. The van der Waals surface area contributed by atoms with Crippen LogP contribution in [0, 0.1) is 12.8 Å². The highest BCUT2D eigenvalue weighted by Crippen LogP contribution is 2.14. The van der Waals surface area contributed by atoms with E-state index in [4.69, 9.17) is 0 Å². The number of nitrogens with zero attached hydrogens (tertiary/aromatic N) is 2. The summed E-state index contributed by atoms with van der Waals surface area (Å²) in [5.74, 6) is 0.0376. The predicted molar refractivity (Wildman–Crippen MR) is 70.1 cm³/mol. The van der Waals surface area contributed by atoms with Crippen molar-refractivity contribution in [3.05, 3.63) is 18.0 Å². The van der Waals surface area contributed by atoms with E-state index in [0.717, 1.165) is 5.56 Å². The van der Waals surface area contributed by atoms with Crippen molar-refractivity contribution in [1.29, 1.82) is 0 Å². The van der Waals surface area contributed by atoms with Gasteiger partial charge in [-0.25, -0.2) is 0 Å². The van der Waals surface area contributed by atoms with Gasteiger partial charge in [-0.05, 0) is 25.3 Å². The van der Waals surface area contributed by atoms with Gasteiger partial charge in [0.05, 0.1) is 11.8 Å². The second-order valence-corrected chi connectivity index (χ2v) is 5.32. The monoisotopic (exact) mass is 253 g/mol. The average molecular weight is 253 g/mol. The lowest BCUT2D eigenvalue weighted by Gasteiger charge is -2.27. The molecule has 0 saturated heterocycles. The van der Waals surface area contributed by atoms with Gasteiger partial charge >= 0.3 is 0 Å². The van der Waals surface area contributed by atoms with Crippen LogP contribution in [0.2, 0.25) is 0 Å². The summed E-state index contributed by atoms with van der Waals surface area (Å²) < 4.78 is 1.75. The lowest BCUT2D eigenvalue weighted by Crippen LogP contribution is -2.44. The van der Waals surface area contributed by atoms with Crippen molar-refractivity contribution in [1.82, 2.24) is 15.1 Å². The third kappa shape index (κ3) is 4.49. The number of nitrogens with one attached hydrogen (secondary N) is 1. The quantitative estimate of drug-likeness (QED) is 0.798. The van der Waals surface area contributed by atoms with Crippen LogP contribution in [0.1, 0.15) is 32.8 Å². The zero-order valence-electron chi connectivity index (χ0n) is 11.6. The van der Waals surface area contributed by atoms with Crippen LogP contribution in [0.5, 0.6) is 0 Å². The Labute approximate surface area is 108 Å². The molecule has 0 saturated carbocycles. The topological polar surface area (TPSA) is 67.2 Å². The van der Waals surface area contributed by atoms with Crippen LogP contribution >= 0.6 is 0 Å². The maximum Gasteiger partial charge on any atom is 0.221 e. The van der Waals surface area contributed by atoms with Gasteiger partial charge in [0.1, 0.15) is 0 Å². The van der Waals surface area contributed by atoms with Crippen molar-refractivity contribution < 1.29 is 9.90 Å². The Kier molecular flexibility index (Phi) is 4.90. The minimum atomic E-state index is -0.863. The first-order valence-electron chi connectivity index (χ1n) is 6.29. The summed E-state index contributed by atoms with van der Waals surface area (Å²) in [7, 11) is 0.